The summed E-state index contributed by atoms with van der Waals surface area (Å²) in [6.07, 6.45) is 1.49. The normalized spacial score (nSPS) is 10.9. The zero-order chi connectivity index (χ0) is 11.8. The van der Waals surface area contributed by atoms with Crippen molar-refractivity contribution < 1.29 is 8.78 Å². The molecule has 1 N–H and O–H groups in total. The van der Waals surface area contributed by atoms with Crippen LogP contribution in [-0.4, -0.2) is 20.2 Å². The van der Waals surface area contributed by atoms with E-state index in [1.807, 2.05) is 0 Å². The Hall–Kier alpha value is -2.37. The van der Waals surface area contributed by atoms with Crippen molar-refractivity contribution in [1.29, 1.82) is 0 Å². The molecule has 2 heterocycles. The van der Waals surface area contributed by atoms with Gasteiger partial charge in [0, 0.05) is 0 Å². The van der Waals surface area contributed by atoms with Crippen molar-refractivity contribution in [2.24, 2.45) is 0 Å². The third-order valence-corrected chi connectivity index (χ3v) is 2.38. The van der Waals surface area contributed by atoms with Gasteiger partial charge in [-0.3, -0.25) is 0 Å². The number of hydrogen-bond donors (Lipinski definition) is 1. The minimum absolute atomic E-state index is 0.0722. The number of aromatic nitrogens is 4. The van der Waals surface area contributed by atoms with Crippen LogP contribution in [0.2, 0.25) is 0 Å². The van der Waals surface area contributed by atoms with Gasteiger partial charge >= 0.3 is 0 Å². The second-order valence-corrected chi connectivity index (χ2v) is 3.46. The average molecular weight is 232 g/mol. The summed E-state index contributed by atoms with van der Waals surface area (Å²) in [5, 5.41) is 7.43. The second kappa shape index (κ2) is 3.58. The molecule has 0 spiro atoms. The van der Waals surface area contributed by atoms with Gasteiger partial charge < -0.3 is 4.98 Å². The molecule has 4 nitrogen and oxygen atoms in total. The zero-order valence-electron chi connectivity index (χ0n) is 8.48. The van der Waals surface area contributed by atoms with Crippen molar-refractivity contribution >= 4 is 11.2 Å². The summed E-state index contributed by atoms with van der Waals surface area (Å²) in [6.45, 7) is 0. The molecule has 0 unspecified atom stereocenters. The molecule has 0 saturated heterocycles. The first-order valence-electron chi connectivity index (χ1n) is 4.87. The van der Waals surface area contributed by atoms with E-state index in [9.17, 15) is 8.78 Å². The quantitative estimate of drug-likeness (QED) is 0.700. The third-order valence-electron chi connectivity index (χ3n) is 2.38. The Morgan fingerprint density at radius 3 is 2.82 bits per heavy atom. The van der Waals surface area contributed by atoms with E-state index in [1.54, 1.807) is 6.07 Å². The molecular formula is C11H6F2N4. The Bertz CT molecular complexity index is 660. The van der Waals surface area contributed by atoms with Gasteiger partial charge in [0.15, 0.2) is 17.3 Å². The van der Waals surface area contributed by atoms with Gasteiger partial charge in [0.2, 0.25) is 0 Å². The van der Waals surface area contributed by atoms with Gasteiger partial charge in [-0.15, -0.1) is 5.10 Å². The minimum atomic E-state index is -0.931. The van der Waals surface area contributed by atoms with Crippen LogP contribution in [0.15, 0.2) is 30.5 Å². The number of nitrogens with zero attached hydrogens (tertiary/aromatic N) is 3. The van der Waals surface area contributed by atoms with E-state index < -0.39 is 11.6 Å². The van der Waals surface area contributed by atoms with Gasteiger partial charge in [-0.05, 0) is 18.2 Å². The lowest BCUT2D eigenvalue weighted by atomic mass is 10.2. The van der Waals surface area contributed by atoms with Crippen molar-refractivity contribution in [1.82, 2.24) is 20.2 Å². The van der Waals surface area contributed by atoms with Crippen molar-refractivity contribution in [3.05, 3.63) is 42.1 Å². The number of benzene rings is 1. The fourth-order valence-corrected chi connectivity index (χ4v) is 1.58. The summed E-state index contributed by atoms with van der Waals surface area (Å²) in [4.78, 5) is 6.91. The fraction of sp³-hybridized carbons (Fsp3) is 0. The van der Waals surface area contributed by atoms with Gasteiger partial charge in [0.1, 0.15) is 5.82 Å². The molecule has 3 aromatic rings. The third kappa shape index (κ3) is 1.54. The molecule has 0 amide bonds. The van der Waals surface area contributed by atoms with Gasteiger partial charge in [-0.1, -0.05) is 6.07 Å². The van der Waals surface area contributed by atoms with E-state index in [2.05, 4.69) is 20.2 Å². The van der Waals surface area contributed by atoms with E-state index in [-0.39, 0.29) is 11.4 Å². The van der Waals surface area contributed by atoms with E-state index in [1.165, 1.54) is 18.3 Å². The highest BCUT2D eigenvalue weighted by Crippen LogP contribution is 2.23. The van der Waals surface area contributed by atoms with E-state index in [0.717, 1.165) is 6.07 Å². The summed E-state index contributed by atoms with van der Waals surface area (Å²) in [7, 11) is 0. The minimum Gasteiger partial charge on any atom is -0.336 e. The number of rotatable bonds is 1. The molecule has 0 aliphatic heterocycles. The van der Waals surface area contributed by atoms with Crippen molar-refractivity contribution in [2.45, 2.75) is 0 Å². The molecule has 2 aromatic heterocycles. The first-order chi connectivity index (χ1) is 8.25. The molecule has 1 aromatic carbocycles. The topological polar surface area (TPSA) is 54.5 Å². The van der Waals surface area contributed by atoms with Crippen LogP contribution >= 0.6 is 0 Å². The second-order valence-electron chi connectivity index (χ2n) is 3.46. The van der Waals surface area contributed by atoms with Crippen LogP contribution in [0, 0.1) is 11.6 Å². The Morgan fingerprint density at radius 1 is 1.12 bits per heavy atom. The highest BCUT2D eigenvalue weighted by Gasteiger charge is 2.13. The van der Waals surface area contributed by atoms with E-state index >= 15 is 0 Å². The number of fused-ring (bicyclic) bond motifs is 1. The van der Waals surface area contributed by atoms with Crippen LogP contribution < -0.4 is 0 Å². The molecule has 0 radical (unpaired) electrons. The smallest absolute Gasteiger partial charge is 0.200 e. The molecule has 0 atom stereocenters. The van der Waals surface area contributed by atoms with Crippen LogP contribution in [0.3, 0.4) is 0 Å². The largest absolute Gasteiger partial charge is 0.336 e. The van der Waals surface area contributed by atoms with Crippen LogP contribution in [-0.2, 0) is 0 Å². The molecule has 0 bridgehead atoms. The van der Waals surface area contributed by atoms with Crippen molar-refractivity contribution in [2.75, 3.05) is 0 Å². The number of aromatic amines is 1. The Kier molecular flexibility index (Phi) is 2.07. The van der Waals surface area contributed by atoms with Gasteiger partial charge in [-0.2, -0.15) is 5.10 Å². The van der Waals surface area contributed by atoms with E-state index in [4.69, 9.17) is 0 Å². The summed E-state index contributed by atoms with van der Waals surface area (Å²) in [5.41, 5.74) is 1.06. The van der Waals surface area contributed by atoms with Crippen LogP contribution in [0.4, 0.5) is 8.78 Å². The van der Waals surface area contributed by atoms with Crippen LogP contribution in [0.1, 0.15) is 0 Å². The summed E-state index contributed by atoms with van der Waals surface area (Å²) in [5.74, 6) is -1.61. The zero-order valence-corrected chi connectivity index (χ0v) is 8.48. The maximum Gasteiger partial charge on any atom is 0.200 e. The monoisotopic (exact) mass is 232 g/mol. The summed E-state index contributed by atoms with van der Waals surface area (Å²) < 4.78 is 26.6. The molecule has 17 heavy (non-hydrogen) atoms. The SMILES string of the molecule is Fc1cccc(-c2nc3nnccc3[nH]2)c1F. The van der Waals surface area contributed by atoms with E-state index in [0.29, 0.717) is 11.2 Å². The number of nitrogens with one attached hydrogen (secondary N) is 1. The molecule has 0 saturated carbocycles. The number of H-pyrrole nitrogens is 1. The Morgan fingerprint density at radius 2 is 2.00 bits per heavy atom. The predicted octanol–water partition coefficient (Wildman–Crippen LogP) is 2.30. The molecule has 0 aliphatic carbocycles. The standard InChI is InChI=1S/C11H6F2N4/c12-7-3-1-2-6(9(7)13)10-15-8-4-5-14-17-11(8)16-10/h1-5H,(H,15,16,17). The van der Waals surface area contributed by atoms with Gasteiger partial charge in [0.25, 0.3) is 0 Å². The van der Waals surface area contributed by atoms with Crippen LogP contribution in [0.5, 0.6) is 0 Å². The molecule has 84 valence electrons. The highest BCUT2D eigenvalue weighted by molar-refractivity contribution is 5.75. The first kappa shape index (κ1) is 9.83. The highest BCUT2D eigenvalue weighted by atomic mass is 19.2. The summed E-state index contributed by atoms with van der Waals surface area (Å²) >= 11 is 0. The fourth-order valence-electron chi connectivity index (χ4n) is 1.58. The predicted molar refractivity (Wildman–Crippen MR) is 57.0 cm³/mol. The lowest BCUT2D eigenvalue weighted by Gasteiger charge is -1.98. The molecule has 0 fully saturated rings. The lowest BCUT2D eigenvalue weighted by molar-refractivity contribution is 0.510. The number of imidazole rings is 1. The number of halogens is 2. The maximum atomic E-state index is 13.5. The van der Waals surface area contributed by atoms with Gasteiger partial charge in [-0.25, -0.2) is 13.8 Å². The lowest BCUT2D eigenvalue weighted by Crippen LogP contribution is -1.90. The molecular weight excluding hydrogens is 226 g/mol. The molecule has 3 rings (SSSR count). The van der Waals surface area contributed by atoms with Crippen molar-refractivity contribution in [3.8, 4) is 11.4 Å². The van der Waals surface area contributed by atoms with Crippen LogP contribution in [0.25, 0.3) is 22.6 Å². The Labute approximate surface area is 94.3 Å². The first-order valence-corrected chi connectivity index (χ1v) is 4.87. The van der Waals surface area contributed by atoms with Crippen molar-refractivity contribution in [3.63, 3.8) is 0 Å². The maximum absolute atomic E-state index is 13.5. The van der Waals surface area contributed by atoms with Gasteiger partial charge in [0.05, 0.1) is 17.3 Å². The summed E-state index contributed by atoms with van der Waals surface area (Å²) in [6, 6.07) is 5.59. The molecule has 0 aliphatic rings. The number of hydrogen-bond acceptors (Lipinski definition) is 3. The average Bonchev–Trinajstić information content (AvgIpc) is 2.76. The molecule has 6 heteroatoms. The Balaban J connectivity index is 2.24.